The van der Waals surface area contributed by atoms with Gasteiger partial charge in [-0.25, -0.2) is 0 Å². The Hall–Kier alpha value is -4.58. The van der Waals surface area contributed by atoms with E-state index in [-0.39, 0.29) is 18.7 Å². The van der Waals surface area contributed by atoms with E-state index in [1.807, 2.05) is 72.8 Å². The molecule has 1 atom stereocenters. The number of para-hydroxylation sites is 1. The van der Waals surface area contributed by atoms with Crippen molar-refractivity contribution >= 4 is 23.0 Å². The molecule has 0 bridgehead atoms. The Morgan fingerprint density at radius 1 is 0.829 bits per heavy atom. The summed E-state index contributed by atoms with van der Waals surface area (Å²) in [6.45, 7) is 0.242. The quantitative estimate of drug-likeness (QED) is 0.395. The summed E-state index contributed by atoms with van der Waals surface area (Å²) in [6.07, 6.45) is 0.713. The van der Waals surface area contributed by atoms with E-state index in [1.165, 1.54) is 0 Å². The monoisotopic (exact) mass is 461 g/mol. The minimum Gasteiger partial charge on any atom is -0.454 e. The maximum Gasteiger partial charge on any atom is 0.255 e. The molecule has 4 aromatic carbocycles. The highest BCUT2D eigenvalue weighted by molar-refractivity contribution is 6.05. The van der Waals surface area contributed by atoms with Crippen molar-refractivity contribution in [1.82, 2.24) is 0 Å². The molecule has 6 nitrogen and oxygen atoms in total. The number of ether oxygens (including phenoxy) is 2. The van der Waals surface area contributed by atoms with E-state index in [9.17, 15) is 4.79 Å². The van der Waals surface area contributed by atoms with Crippen LogP contribution in [0.25, 0.3) is 0 Å². The Morgan fingerprint density at radius 3 is 2.43 bits per heavy atom. The van der Waals surface area contributed by atoms with Crippen LogP contribution in [0, 0.1) is 0 Å². The molecular weight excluding hydrogens is 438 g/mol. The average Bonchev–Trinajstić information content (AvgIpc) is 3.57. The molecule has 1 amide bonds. The van der Waals surface area contributed by atoms with Gasteiger partial charge in [-0.1, -0.05) is 48.5 Å². The van der Waals surface area contributed by atoms with Gasteiger partial charge in [0.25, 0.3) is 5.91 Å². The Bertz CT molecular complexity index is 1400. The van der Waals surface area contributed by atoms with Gasteiger partial charge in [0.1, 0.15) is 0 Å². The highest BCUT2D eigenvalue weighted by Gasteiger charge is 2.31. The molecule has 172 valence electrons. The van der Waals surface area contributed by atoms with Gasteiger partial charge in [-0.2, -0.15) is 5.10 Å². The second-order valence-corrected chi connectivity index (χ2v) is 8.46. The first-order valence-electron chi connectivity index (χ1n) is 11.5. The highest BCUT2D eigenvalue weighted by atomic mass is 16.7. The molecule has 6 rings (SSSR count). The number of carbonyl (C=O) groups excluding carboxylic acids is 1. The van der Waals surface area contributed by atoms with Crippen LogP contribution in [0.3, 0.4) is 0 Å². The normalized spacial score (nSPS) is 16.2. The van der Waals surface area contributed by atoms with Gasteiger partial charge in [-0.15, -0.1) is 0 Å². The van der Waals surface area contributed by atoms with Crippen molar-refractivity contribution < 1.29 is 14.3 Å². The number of hydrogen-bond donors (Lipinski definition) is 1. The Balaban J connectivity index is 1.31. The number of anilines is 2. The van der Waals surface area contributed by atoms with E-state index in [1.54, 1.807) is 12.1 Å². The number of rotatable bonds is 5. The summed E-state index contributed by atoms with van der Waals surface area (Å²) in [6, 6.07) is 33.3. The number of carbonyl (C=O) groups is 1. The van der Waals surface area contributed by atoms with E-state index in [0.717, 1.165) is 39.7 Å². The Morgan fingerprint density at radius 2 is 1.60 bits per heavy atom. The molecule has 2 heterocycles. The number of hydrogen-bond acceptors (Lipinski definition) is 5. The predicted molar refractivity (Wildman–Crippen MR) is 136 cm³/mol. The molecule has 0 aromatic heterocycles. The lowest BCUT2D eigenvalue weighted by atomic mass is 9.97. The summed E-state index contributed by atoms with van der Waals surface area (Å²) in [5, 5.41) is 10.1. The molecule has 6 heteroatoms. The molecule has 0 aliphatic carbocycles. The van der Waals surface area contributed by atoms with Gasteiger partial charge in [0, 0.05) is 23.2 Å². The van der Waals surface area contributed by atoms with Gasteiger partial charge in [-0.05, 0) is 60.2 Å². The van der Waals surface area contributed by atoms with Crippen molar-refractivity contribution in [2.75, 3.05) is 17.1 Å². The van der Waals surface area contributed by atoms with Crippen LogP contribution in [0.1, 0.15) is 33.9 Å². The predicted octanol–water partition coefficient (Wildman–Crippen LogP) is 6.02. The van der Waals surface area contributed by atoms with Crippen LogP contribution in [-0.2, 0) is 0 Å². The van der Waals surface area contributed by atoms with Crippen molar-refractivity contribution in [2.24, 2.45) is 5.10 Å². The number of nitrogens with one attached hydrogen (secondary N) is 1. The van der Waals surface area contributed by atoms with Crippen LogP contribution in [0.2, 0.25) is 0 Å². The van der Waals surface area contributed by atoms with Crippen LogP contribution in [-0.4, -0.2) is 18.4 Å². The first-order valence-corrected chi connectivity index (χ1v) is 11.5. The fraction of sp³-hybridized carbons (Fsp3) is 0.103. The molecular formula is C29H23N3O3. The van der Waals surface area contributed by atoms with Crippen molar-refractivity contribution in [3.63, 3.8) is 0 Å². The van der Waals surface area contributed by atoms with Crippen LogP contribution in [0.4, 0.5) is 11.4 Å². The fourth-order valence-electron chi connectivity index (χ4n) is 4.46. The van der Waals surface area contributed by atoms with E-state index in [4.69, 9.17) is 14.6 Å². The Labute approximate surface area is 203 Å². The third-order valence-corrected chi connectivity index (χ3v) is 6.20. The zero-order chi connectivity index (χ0) is 23.6. The third-order valence-electron chi connectivity index (χ3n) is 6.20. The number of hydrazone groups is 1. The van der Waals surface area contributed by atoms with Crippen LogP contribution >= 0.6 is 0 Å². The van der Waals surface area contributed by atoms with E-state index >= 15 is 0 Å². The molecule has 0 saturated heterocycles. The van der Waals surface area contributed by atoms with Gasteiger partial charge >= 0.3 is 0 Å². The smallest absolute Gasteiger partial charge is 0.255 e. The topological polar surface area (TPSA) is 63.2 Å². The average molecular weight is 462 g/mol. The van der Waals surface area contributed by atoms with Crippen LogP contribution in [0.15, 0.2) is 108 Å². The molecule has 2 aliphatic rings. The lowest BCUT2D eigenvalue weighted by Gasteiger charge is -2.24. The maximum atomic E-state index is 12.7. The maximum absolute atomic E-state index is 12.7. The summed E-state index contributed by atoms with van der Waals surface area (Å²) < 4.78 is 11.0. The second kappa shape index (κ2) is 8.99. The molecule has 1 unspecified atom stereocenters. The molecule has 0 saturated carbocycles. The summed E-state index contributed by atoms with van der Waals surface area (Å²) >= 11 is 0. The largest absolute Gasteiger partial charge is 0.454 e. The summed E-state index contributed by atoms with van der Waals surface area (Å²) in [5.74, 6) is 1.36. The zero-order valence-electron chi connectivity index (χ0n) is 18.9. The number of nitrogens with zero attached hydrogens (tertiary/aromatic N) is 2. The van der Waals surface area contributed by atoms with Gasteiger partial charge in [-0.3, -0.25) is 9.80 Å². The van der Waals surface area contributed by atoms with E-state index in [2.05, 4.69) is 28.5 Å². The van der Waals surface area contributed by atoms with E-state index < -0.39 is 0 Å². The number of benzene rings is 4. The van der Waals surface area contributed by atoms with Crippen LogP contribution in [0.5, 0.6) is 11.5 Å². The number of fused-ring (bicyclic) bond motifs is 1. The first kappa shape index (κ1) is 21.0. The van der Waals surface area contributed by atoms with Gasteiger partial charge in [0.2, 0.25) is 6.79 Å². The number of amides is 1. The lowest BCUT2D eigenvalue weighted by Crippen LogP contribution is -2.19. The first-order chi connectivity index (χ1) is 17.2. The Kier molecular flexibility index (Phi) is 5.39. The van der Waals surface area contributed by atoms with Gasteiger partial charge in [0.05, 0.1) is 17.4 Å². The van der Waals surface area contributed by atoms with Crippen molar-refractivity contribution in [1.29, 1.82) is 0 Å². The SMILES string of the molecule is O=C(Nc1cccc(C2CC(c3ccc4c(c3)OCO4)=NN2c2ccccc2)c1)c1ccccc1. The molecule has 0 radical (unpaired) electrons. The molecule has 0 spiro atoms. The minimum atomic E-state index is -0.133. The molecule has 1 N–H and O–H groups in total. The molecule has 0 fully saturated rings. The highest BCUT2D eigenvalue weighted by Crippen LogP contribution is 2.39. The standard InChI is InChI=1S/C29H23N3O3/c33-29(20-8-3-1-4-9-20)30-23-11-7-10-22(16-23)26-18-25(31-32(26)24-12-5-2-6-13-24)21-14-15-27-28(17-21)35-19-34-27/h1-17,26H,18-19H2,(H,30,33). The fourth-order valence-corrected chi connectivity index (χ4v) is 4.46. The van der Waals surface area contributed by atoms with Crippen molar-refractivity contribution in [2.45, 2.75) is 12.5 Å². The third kappa shape index (κ3) is 4.22. The minimum absolute atomic E-state index is 0.0219. The van der Waals surface area contributed by atoms with Crippen LogP contribution < -0.4 is 19.8 Å². The second-order valence-electron chi connectivity index (χ2n) is 8.46. The molecule has 2 aliphatic heterocycles. The van der Waals surface area contributed by atoms with Gasteiger partial charge in [0.15, 0.2) is 11.5 Å². The summed E-state index contributed by atoms with van der Waals surface area (Å²) in [7, 11) is 0. The zero-order valence-corrected chi connectivity index (χ0v) is 18.9. The summed E-state index contributed by atoms with van der Waals surface area (Å²) in [5.41, 5.74) is 5.42. The molecule has 35 heavy (non-hydrogen) atoms. The van der Waals surface area contributed by atoms with Gasteiger partial charge < -0.3 is 14.8 Å². The van der Waals surface area contributed by atoms with Crippen molar-refractivity contribution in [3.05, 3.63) is 120 Å². The van der Waals surface area contributed by atoms with Crippen molar-refractivity contribution in [3.8, 4) is 11.5 Å². The summed E-state index contributed by atoms with van der Waals surface area (Å²) in [4.78, 5) is 12.7. The molecule has 4 aromatic rings. The van der Waals surface area contributed by atoms with E-state index in [0.29, 0.717) is 12.0 Å². The lowest BCUT2D eigenvalue weighted by molar-refractivity contribution is 0.102.